The van der Waals surface area contributed by atoms with Gasteiger partial charge in [0.05, 0.1) is 5.52 Å². The minimum Gasteiger partial charge on any atom is -0.292 e. The van der Waals surface area contributed by atoms with E-state index in [-0.39, 0.29) is 23.7 Å². The van der Waals surface area contributed by atoms with E-state index in [0.717, 1.165) is 27.8 Å². The molecule has 3 heterocycles. The zero-order valence-electron chi connectivity index (χ0n) is 16.9. The zero-order chi connectivity index (χ0) is 20.9. The second-order valence-electron chi connectivity index (χ2n) is 7.34. The number of ketones is 1. The van der Waals surface area contributed by atoms with E-state index in [9.17, 15) is 14.4 Å². The first kappa shape index (κ1) is 19.3. The lowest BCUT2D eigenvalue weighted by Gasteiger charge is -2.08. The summed E-state index contributed by atoms with van der Waals surface area (Å²) in [6.45, 7) is 8.09. The van der Waals surface area contributed by atoms with Gasteiger partial charge in [-0.25, -0.2) is 13.9 Å². The number of nitrogens with zero attached hydrogens (tertiary/aromatic N) is 4. The molecule has 0 radical (unpaired) electrons. The van der Waals surface area contributed by atoms with Gasteiger partial charge in [0.15, 0.2) is 5.78 Å². The first-order valence-corrected chi connectivity index (χ1v) is 10.4. The Morgan fingerprint density at radius 3 is 2.55 bits per heavy atom. The Kier molecular flexibility index (Phi) is 4.74. The molecule has 3 aromatic heterocycles. The van der Waals surface area contributed by atoms with E-state index in [1.165, 1.54) is 20.3 Å². The highest BCUT2D eigenvalue weighted by molar-refractivity contribution is 7.17. The molecular formula is C21H22N4O3S. The van der Waals surface area contributed by atoms with Crippen LogP contribution in [0.1, 0.15) is 40.4 Å². The summed E-state index contributed by atoms with van der Waals surface area (Å²) >= 11 is 1.31. The van der Waals surface area contributed by atoms with Crippen molar-refractivity contribution in [3.05, 3.63) is 66.7 Å². The van der Waals surface area contributed by atoms with E-state index >= 15 is 0 Å². The van der Waals surface area contributed by atoms with Crippen molar-refractivity contribution in [1.29, 1.82) is 0 Å². The molecule has 1 aromatic carbocycles. The third kappa shape index (κ3) is 3.04. The van der Waals surface area contributed by atoms with E-state index in [1.807, 2.05) is 39.8 Å². The lowest BCUT2D eigenvalue weighted by atomic mass is 9.98. The Hall–Kier alpha value is -3.00. The molecule has 0 aliphatic heterocycles. The number of fused-ring (bicyclic) bond motifs is 3. The summed E-state index contributed by atoms with van der Waals surface area (Å²) < 4.78 is 4.63. The molecule has 0 aliphatic carbocycles. The fraction of sp³-hybridized carbons (Fsp3) is 0.333. The van der Waals surface area contributed by atoms with Crippen LogP contribution in [0.15, 0.2) is 33.2 Å². The van der Waals surface area contributed by atoms with Crippen LogP contribution in [0.25, 0.3) is 16.0 Å². The van der Waals surface area contributed by atoms with Crippen LogP contribution in [-0.4, -0.2) is 24.5 Å². The van der Waals surface area contributed by atoms with Gasteiger partial charge in [-0.05, 0) is 61.4 Å². The molecule has 0 bridgehead atoms. The normalized spacial score (nSPS) is 11.6. The summed E-state index contributed by atoms with van der Waals surface area (Å²) in [5, 5.41) is 6.16. The molecule has 0 saturated carbocycles. The molecule has 0 spiro atoms. The van der Waals surface area contributed by atoms with E-state index in [4.69, 9.17) is 0 Å². The van der Waals surface area contributed by atoms with Gasteiger partial charge in [-0.3, -0.25) is 14.2 Å². The molecule has 4 rings (SSSR count). The predicted octanol–water partition coefficient (Wildman–Crippen LogP) is 3.09. The summed E-state index contributed by atoms with van der Waals surface area (Å²) in [4.78, 5) is 38.8. The number of hydrogen-bond donors (Lipinski definition) is 0. The summed E-state index contributed by atoms with van der Waals surface area (Å²) in [5.74, 6) is 0.0967. The van der Waals surface area contributed by atoms with Gasteiger partial charge in [0.1, 0.15) is 11.2 Å². The summed E-state index contributed by atoms with van der Waals surface area (Å²) in [6.07, 6.45) is 0.730. The number of aromatic nitrogens is 4. The van der Waals surface area contributed by atoms with Crippen molar-refractivity contribution in [2.24, 2.45) is 0 Å². The van der Waals surface area contributed by atoms with Crippen LogP contribution >= 0.6 is 11.3 Å². The second-order valence-corrected chi connectivity index (χ2v) is 8.26. The van der Waals surface area contributed by atoms with Crippen LogP contribution in [0.2, 0.25) is 0 Å². The number of thiophene rings is 1. The van der Waals surface area contributed by atoms with Crippen LogP contribution in [-0.2, 0) is 13.1 Å². The number of carbonyl (C=O) groups is 1. The third-order valence-corrected chi connectivity index (χ3v) is 6.16. The van der Waals surface area contributed by atoms with Crippen LogP contribution in [0.5, 0.6) is 0 Å². The summed E-state index contributed by atoms with van der Waals surface area (Å²) in [7, 11) is 0. The van der Waals surface area contributed by atoms with Crippen molar-refractivity contribution in [2.75, 3.05) is 0 Å². The highest BCUT2D eigenvalue weighted by Gasteiger charge is 2.20. The molecule has 150 valence electrons. The Morgan fingerprint density at radius 1 is 1.10 bits per heavy atom. The molecule has 0 fully saturated rings. The molecule has 8 heteroatoms. The predicted molar refractivity (Wildman–Crippen MR) is 114 cm³/mol. The monoisotopic (exact) mass is 410 g/mol. The zero-order valence-corrected chi connectivity index (χ0v) is 17.7. The van der Waals surface area contributed by atoms with Gasteiger partial charge in [0, 0.05) is 12.1 Å². The van der Waals surface area contributed by atoms with Gasteiger partial charge in [-0.15, -0.1) is 16.4 Å². The molecule has 0 aliphatic rings. The van der Waals surface area contributed by atoms with Crippen molar-refractivity contribution in [3.8, 4) is 0 Å². The fourth-order valence-corrected chi connectivity index (χ4v) is 4.47. The second kappa shape index (κ2) is 7.11. The van der Waals surface area contributed by atoms with Crippen LogP contribution in [0.3, 0.4) is 0 Å². The van der Waals surface area contributed by atoms with Gasteiger partial charge in [-0.1, -0.05) is 13.0 Å². The highest BCUT2D eigenvalue weighted by atomic mass is 32.1. The Balaban J connectivity index is 1.88. The minimum absolute atomic E-state index is 0.155. The average molecular weight is 410 g/mol. The van der Waals surface area contributed by atoms with Gasteiger partial charge in [-0.2, -0.15) is 0 Å². The number of aryl methyl sites for hydroxylation is 4. The Bertz CT molecular complexity index is 1390. The maximum atomic E-state index is 13.1. The summed E-state index contributed by atoms with van der Waals surface area (Å²) in [5.41, 5.74) is 3.57. The van der Waals surface area contributed by atoms with Crippen molar-refractivity contribution < 1.29 is 4.79 Å². The van der Waals surface area contributed by atoms with Crippen LogP contribution in [0.4, 0.5) is 0 Å². The SMILES string of the molecule is CCCn1c(=O)c2sccc2n2c(=O)n(CC(=O)c3cc(C)c(C)cc3C)nc12. The maximum Gasteiger partial charge on any atom is 0.352 e. The molecule has 0 unspecified atom stereocenters. The lowest BCUT2D eigenvalue weighted by Crippen LogP contribution is -2.27. The van der Waals surface area contributed by atoms with Gasteiger partial charge >= 0.3 is 5.69 Å². The first-order chi connectivity index (χ1) is 13.8. The van der Waals surface area contributed by atoms with Crippen molar-refractivity contribution in [2.45, 2.75) is 47.2 Å². The van der Waals surface area contributed by atoms with Gasteiger partial charge < -0.3 is 0 Å². The number of hydrogen-bond acceptors (Lipinski definition) is 5. The quantitative estimate of drug-likeness (QED) is 0.474. The number of carbonyl (C=O) groups excluding carboxylic acids is 1. The van der Waals surface area contributed by atoms with Gasteiger partial charge in [0.25, 0.3) is 5.56 Å². The van der Waals surface area contributed by atoms with Crippen molar-refractivity contribution in [3.63, 3.8) is 0 Å². The molecule has 0 N–H and O–H groups in total. The molecule has 7 nitrogen and oxygen atoms in total. The Morgan fingerprint density at radius 2 is 1.83 bits per heavy atom. The molecule has 29 heavy (non-hydrogen) atoms. The van der Waals surface area contributed by atoms with Crippen LogP contribution < -0.4 is 11.2 Å². The van der Waals surface area contributed by atoms with Gasteiger partial charge in [0.2, 0.25) is 5.78 Å². The summed E-state index contributed by atoms with van der Waals surface area (Å²) in [6, 6.07) is 5.58. The smallest absolute Gasteiger partial charge is 0.292 e. The largest absolute Gasteiger partial charge is 0.352 e. The molecule has 0 amide bonds. The van der Waals surface area contributed by atoms with E-state index in [1.54, 1.807) is 11.4 Å². The average Bonchev–Trinajstić information content (AvgIpc) is 3.27. The topological polar surface area (TPSA) is 78.4 Å². The lowest BCUT2D eigenvalue weighted by molar-refractivity contribution is 0.0965. The van der Waals surface area contributed by atoms with Crippen molar-refractivity contribution >= 4 is 33.1 Å². The number of Topliss-reactive ketones (excluding diaryl/α,β-unsaturated/α-hetero) is 1. The minimum atomic E-state index is -0.414. The molecule has 0 saturated heterocycles. The highest BCUT2D eigenvalue weighted by Crippen LogP contribution is 2.18. The number of benzene rings is 1. The standard InChI is InChI=1S/C21H22N4O3S/c1-5-7-23-19(27)18-16(6-8-29-18)25-20(23)22-24(21(25)28)11-17(26)15-10-13(3)12(2)9-14(15)4/h6,8-10H,5,7,11H2,1-4H3. The maximum absolute atomic E-state index is 13.1. The fourth-order valence-electron chi connectivity index (χ4n) is 3.64. The van der Waals surface area contributed by atoms with Crippen LogP contribution in [0, 0.1) is 20.8 Å². The van der Waals surface area contributed by atoms with Crippen molar-refractivity contribution in [1.82, 2.24) is 18.7 Å². The number of rotatable bonds is 5. The molecule has 4 aromatic rings. The Labute approximate surface area is 170 Å². The van der Waals surface area contributed by atoms with E-state index in [0.29, 0.717) is 22.3 Å². The van der Waals surface area contributed by atoms with E-state index in [2.05, 4.69) is 5.10 Å². The first-order valence-electron chi connectivity index (χ1n) is 9.54. The van der Waals surface area contributed by atoms with E-state index < -0.39 is 5.69 Å². The molecular weight excluding hydrogens is 388 g/mol. The molecule has 0 atom stereocenters. The third-order valence-electron chi connectivity index (χ3n) is 5.27.